The van der Waals surface area contributed by atoms with Gasteiger partial charge in [0, 0.05) is 5.56 Å². The van der Waals surface area contributed by atoms with E-state index in [1.807, 2.05) is 4.98 Å². The molecule has 3 aromatic rings. The number of fused-ring (bicyclic) bond motifs is 1. The van der Waals surface area contributed by atoms with Gasteiger partial charge in [0.1, 0.15) is 6.07 Å². The highest BCUT2D eigenvalue weighted by atomic mass is 35.5. The lowest BCUT2D eigenvalue weighted by Crippen LogP contribution is -2.33. The third-order valence-electron chi connectivity index (χ3n) is 4.93. The Morgan fingerprint density at radius 2 is 1.91 bits per heavy atom. The molecule has 0 spiro atoms. The van der Waals surface area contributed by atoms with Crippen LogP contribution < -0.4 is 21.5 Å². The zero-order chi connectivity index (χ0) is 24.6. The summed E-state index contributed by atoms with van der Waals surface area (Å²) >= 11 is 12.6. The lowest BCUT2D eigenvalue weighted by molar-refractivity contribution is -0.168. The highest BCUT2D eigenvalue weighted by Crippen LogP contribution is 2.41. The molecule has 0 amide bonds. The Hall–Kier alpha value is -3.60. The van der Waals surface area contributed by atoms with Gasteiger partial charge in [0.05, 0.1) is 27.4 Å². The van der Waals surface area contributed by atoms with E-state index in [1.165, 1.54) is 12.1 Å². The predicted molar refractivity (Wildman–Crippen MR) is 113 cm³/mol. The van der Waals surface area contributed by atoms with Crippen LogP contribution in [-0.2, 0) is 11.2 Å². The van der Waals surface area contributed by atoms with Crippen molar-refractivity contribution >= 4 is 23.2 Å². The van der Waals surface area contributed by atoms with Crippen LogP contribution >= 0.6 is 23.2 Å². The first-order valence-corrected chi connectivity index (χ1v) is 10.3. The maximum absolute atomic E-state index is 12.8. The molecular formula is C19H12Cl2F2N6O5. The van der Waals surface area contributed by atoms with Gasteiger partial charge < -0.3 is 9.47 Å². The van der Waals surface area contributed by atoms with Crippen LogP contribution in [0.25, 0.3) is 5.69 Å². The summed E-state index contributed by atoms with van der Waals surface area (Å²) in [4.78, 5) is 37.9. The van der Waals surface area contributed by atoms with Gasteiger partial charge in [-0.05, 0) is 31.4 Å². The number of rotatable bonds is 5. The summed E-state index contributed by atoms with van der Waals surface area (Å²) in [6, 6.07) is 4.02. The fourth-order valence-electron chi connectivity index (χ4n) is 3.53. The van der Waals surface area contributed by atoms with E-state index < -0.39 is 35.2 Å². The first-order valence-electron chi connectivity index (χ1n) is 9.55. The molecule has 2 heterocycles. The number of halogens is 4. The van der Waals surface area contributed by atoms with E-state index in [0.717, 1.165) is 0 Å². The van der Waals surface area contributed by atoms with Crippen LogP contribution in [0.4, 0.5) is 8.78 Å². The number of hydrogen-bond acceptors (Lipinski definition) is 8. The summed E-state index contributed by atoms with van der Waals surface area (Å²) in [5.41, 5.74) is -2.87. The zero-order valence-corrected chi connectivity index (χ0v) is 18.3. The number of nitriles is 1. The first-order chi connectivity index (χ1) is 16.2. The maximum atomic E-state index is 12.8. The number of benzene rings is 1. The molecule has 0 aliphatic heterocycles. The number of nitrogens with one attached hydrogen (secondary N) is 2. The lowest BCUT2D eigenvalue weighted by atomic mass is 9.91. The minimum atomic E-state index is -3.07. The normalized spacial score (nSPS) is 15.1. The van der Waals surface area contributed by atoms with E-state index in [1.54, 1.807) is 6.07 Å². The van der Waals surface area contributed by atoms with Crippen molar-refractivity contribution in [3.05, 3.63) is 70.2 Å². The molecule has 176 valence electrons. The Labute approximate surface area is 197 Å². The van der Waals surface area contributed by atoms with Gasteiger partial charge in [-0.2, -0.15) is 18.7 Å². The van der Waals surface area contributed by atoms with Crippen molar-refractivity contribution < 1.29 is 18.3 Å². The molecule has 15 heteroatoms. The molecule has 0 saturated heterocycles. The van der Waals surface area contributed by atoms with Gasteiger partial charge in [0.15, 0.2) is 5.75 Å². The van der Waals surface area contributed by atoms with Gasteiger partial charge in [-0.3, -0.25) is 14.6 Å². The summed E-state index contributed by atoms with van der Waals surface area (Å²) in [5.74, 6) is -0.219. The number of H-pyrrole nitrogens is 2. The minimum absolute atomic E-state index is 0.0157. The van der Waals surface area contributed by atoms with E-state index in [0.29, 0.717) is 17.5 Å². The molecule has 1 aliphatic rings. The molecule has 2 aromatic heterocycles. The molecule has 0 saturated carbocycles. The Kier molecular flexibility index (Phi) is 6.47. The summed E-state index contributed by atoms with van der Waals surface area (Å²) in [7, 11) is 0. The number of aromatic nitrogens is 5. The SMILES string of the molecule is N#Cc1nn(-c2cc(Cl)c(Oc3n[nH]c(=O)c4c3CCC[C@@H]4OC(F)F)c(Cl)c2)c(=O)[nH]c1=O. The fourth-order valence-corrected chi connectivity index (χ4v) is 4.08. The smallest absolute Gasteiger partial charge is 0.349 e. The van der Waals surface area contributed by atoms with E-state index in [9.17, 15) is 23.2 Å². The van der Waals surface area contributed by atoms with Crippen LogP contribution in [0, 0.1) is 11.3 Å². The second-order valence-corrected chi connectivity index (χ2v) is 7.81. The van der Waals surface area contributed by atoms with Crippen LogP contribution in [-0.4, -0.2) is 31.6 Å². The van der Waals surface area contributed by atoms with Crippen LogP contribution in [0.15, 0.2) is 26.5 Å². The van der Waals surface area contributed by atoms with Gasteiger partial charge in [-0.1, -0.05) is 23.2 Å². The van der Waals surface area contributed by atoms with E-state index in [4.69, 9.17) is 33.2 Å². The summed E-state index contributed by atoms with van der Waals surface area (Å²) < 4.78 is 36.6. The number of alkyl halides is 2. The third-order valence-corrected chi connectivity index (χ3v) is 5.49. The van der Waals surface area contributed by atoms with Crippen LogP contribution in [0.1, 0.15) is 35.8 Å². The summed E-state index contributed by atoms with van der Waals surface area (Å²) in [5, 5.41) is 18.5. The lowest BCUT2D eigenvalue weighted by Gasteiger charge is -2.25. The average Bonchev–Trinajstić information content (AvgIpc) is 2.77. The minimum Gasteiger partial charge on any atom is -0.434 e. The topological polar surface area (TPSA) is 156 Å². The van der Waals surface area contributed by atoms with Gasteiger partial charge in [0.25, 0.3) is 11.1 Å². The molecule has 11 nitrogen and oxygen atoms in total. The maximum Gasteiger partial charge on any atom is 0.349 e. The number of ether oxygens (including phenoxy) is 2. The van der Waals surface area contributed by atoms with Crippen molar-refractivity contribution in [3.8, 4) is 23.4 Å². The highest BCUT2D eigenvalue weighted by Gasteiger charge is 2.30. The molecule has 0 bridgehead atoms. The van der Waals surface area contributed by atoms with Crippen molar-refractivity contribution in [3.63, 3.8) is 0 Å². The fraction of sp³-hybridized carbons (Fsp3) is 0.263. The first kappa shape index (κ1) is 23.6. The molecule has 1 aliphatic carbocycles. The van der Waals surface area contributed by atoms with Crippen molar-refractivity contribution in [2.24, 2.45) is 0 Å². The monoisotopic (exact) mass is 512 g/mol. The Morgan fingerprint density at radius 1 is 1.21 bits per heavy atom. The predicted octanol–water partition coefficient (Wildman–Crippen LogP) is 2.59. The van der Waals surface area contributed by atoms with Gasteiger partial charge in [0.2, 0.25) is 11.6 Å². The van der Waals surface area contributed by atoms with Crippen molar-refractivity contribution in [2.45, 2.75) is 32.0 Å². The van der Waals surface area contributed by atoms with E-state index in [2.05, 4.69) is 20.0 Å². The Bertz CT molecular complexity index is 1470. The average molecular weight is 513 g/mol. The molecule has 1 atom stereocenters. The molecule has 34 heavy (non-hydrogen) atoms. The van der Waals surface area contributed by atoms with Gasteiger partial charge in [-0.25, -0.2) is 9.89 Å². The summed E-state index contributed by atoms with van der Waals surface area (Å²) in [6.07, 6.45) is -0.176. The molecule has 4 rings (SSSR count). The number of hydrogen-bond donors (Lipinski definition) is 2. The van der Waals surface area contributed by atoms with E-state index >= 15 is 0 Å². The van der Waals surface area contributed by atoms with E-state index in [-0.39, 0.29) is 44.9 Å². The summed E-state index contributed by atoms with van der Waals surface area (Å²) in [6.45, 7) is -3.07. The third kappa shape index (κ3) is 4.43. The van der Waals surface area contributed by atoms with Crippen molar-refractivity contribution in [1.82, 2.24) is 25.0 Å². The quantitative estimate of drug-likeness (QED) is 0.528. The van der Waals surface area contributed by atoms with Crippen LogP contribution in [0.5, 0.6) is 11.6 Å². The Morgan fingerprint density at radius 3 is 2.56 bits per heavy atom. The molecule has 2 N–H and O–H groups in total. The Balaban J connectivity index is 1.75. The standard InChI is InChI=1S/C19H12Cl2F2N6O5/c20-9-4-7(29-19(32)25-15(30)11(6-24)28-29)5-10(21)14(9)34-17-8-2-1-3-12(33-18(22)23)13(8)16(31)26-27-17/h4-5,12,18H,1-3H2,(H,26,31)(H,25,30,32)/t12-/m0/s1. The highest BCUT2D eigenvalue weighted by molar-refractivity contribution is 6.37. The molecule has 0 radical (unpaired) electrons. The van der Waals surface area contributed by atoms with Crippen molar-refractivity contribution in [1.29, 1.82) is 5.26 Å². The largest absolute Gasteiger partial charge is 0.434 e. The molecular weight excluding hydrogens is 501 g/mol. The zero-order valence-electron chi connectivity index (χ0n) is 16.8. The second kappa shape index (κ2) is 9.34. The molecule has 1 aromatic carbocycles. The van der Waals surface area contributed by atoms with Crippen LogP contribution in [0.2, 0.25) is 10.0 Å². The van der Waals surface area contributed by atoms with Gasteiger partial charge in [-0.15, -0.1) is 10.2 Å². The molecule has 0 unspecified atom stereocenters. The van der Waals surface area contributed by atoms with Crippen molar-refractivity contribution in [2.75, 3.05) is 0 Å². The number of aromatic amines is 2. The van der Waals surface area contributed by atoms with Crippen LogP contribution in [0.3, 0.4) is 0 Å². The second-order valence-electron chi connectivity index (χ2n) is 7.00. The van der Waals surface area contributed by atoms with Gasteiger partial charge >= 0.3 is 12.3 Å². The number of nitrogens with zero attached hydrogens (tertiary/aromatic N) is 4. The molecule has 0 fully saturated rings.